The van der Waals surface area contributed by atoms with Crippen molar-refractivity contribution in [2.75, 3.05) is 45.9 Å². The second kappa shape index (κ2) is 13.0. The lowest BCUT2D eigenvalue weighted by atomic mass is 10.0. The molecule has 220 valence electrons. The number of rotatable bonds is 9. The Morgan fingerprint density at radius 2 is 1.86 bits per heavy atom. The summed E-state index contributed by atoms with van der Waals surface area (Å²) < 4.78 is 7.56. The summed E-state index contributed by atoms with van der Waals surface area (Å²) in [4.78, 5) is 17.1. The van der Waals surface area contributed by atoms with Gasteiger partial charge in [0.1, 0.15) is 10.7 Å². The molecular formula is C31H35Cl2N7O2. The predicted octanol–water partition coefficient (Wildman–Crippen LogP) is 3.72. The molecule has 2 aliphatic heterocycles. The third kappa shape index (κ3) is 6.72. The topological polar surface area (TPSA) is 90.6 Å². The summed E-state index contributed by atoms with van der Waals surface area (Å²) in [6.45, 7) is 5.21. The van der Waals surface area contributed by atoms with Crippen LogP contribution < -0.4 is 16.0 Å². The molecule has 2 unspecified atom stereocenters. The van der Waals surface area contributed by atoms with E-state index in [4.69, 9.17) is 27.6 Å². The molecule has 2 fully saturated rings. The number of nitrogens with zero attached hydrogens (tertiary/aromatic N) is 4. The fourth-order valence-corrected chi connectivity index (χ4v) is 6.29. The molecule has 2 aliphatic rings. The van der Waals surface area contributed by atoms with Crippen molar-refractivity contribution >= 4 is 29.1 Å². The zero-order valence-corrected chi connectivity index (χ0v) is 24.8. The summed E-state index contributed by atoms with van der Waals surface area (Å²) in [6, 6.07) is 21.6. The highest BCUT2D eigenvalue weighted by molar-refractivity contribution is 6.30. The van der Waals surface area contributed by atoms with E-state index in [0.29, 0.717) is 36.1 Å². The fraction of sp³-hybridized carbons (Fsp3) is 0.355. The summed E-state index contributed by atoms with van der Waals surface area (Å²) in [7, 11) is 0. The first kappa shape index (κ1) is 28.9. The number of hydrogen-bond acceptors (Lipinski definition) is 7. The Morgan fingerprint density at radius 1 is 1.05 bits per heavy atom. The van der Waals surface area contributed by atoms with Crippen LogP contribution in [0.15, 0.2) is 83.6 Å². The van der Waals surface area contributed by atoms with Crippen molar-refractivity contribution in [3.8, 4) is 17.1 Å². The molecule has 1 amide bonds. The number of alkyl halides is 1. The highest BCUT2D eigenvalue weighted by atomic mass is 35.5. The number of piperazine rings is 2. The van der Waals surface area contributed by atoms with Crippen LogP contribution in [0.4, 0.5) is 0 Å². The first-order chi connectivity index (χ1) is 20.5. The standard InChI is InChI=1S/C31H35Cl2N7O2/c32-25-8-6-23(7-9-25)18-31(33)21-35-12-15-39(31)30-19-34-11-14-38(30)22-36-29(41)17-24-16-28(42-20-24)27-10-13-40(37-27)26-4-2-1-3-5-26/h1-10,13,16,20,30,34-35H,11-12,14-15,17-19,21-22H2,(H,36,41). The molecule has 11 heteroatoms. The van der Waals surface area contributed by atoms with E-state index in [1.165, 1.54) is 0 Å². The summed E-state index contributed by atoms with van der Waals surface area (Å²) in [5.74, 6) is 0.570. The Bertz CT molecular complexity index is 1480. The number of amides is 1. The van der Waals surface area contributed by atoms with E-state index in [1.54, 1.807) is 10.9 Å². The zero-order chi connectivity index (χ0) is 28.9. The van der Waals surface area contributed by atoms with Crippen molar-refractivity contribution in [1.82, 2.24) is 35.5 Å². The van der Waals surface area contributed by atoms with Crippen LogP contribution in [0, 0.1) is 0 Å². The van der Waals surface area contributed by atoms with Crippen LogP contribution >= 0.6 is 23.2 Å². The van der Waals surface area contributed by atoms with Crippen LogP contribution in [-0.2, 0) is 17.6 Å². The molecule has 0 spiro atoms. The van der Waals surface area contributed by atoms with Crippen molar-refractivity contribution in [1.29, 1.82) is 0 Å². The van der Waals surface area contributed by atoms with Gasteiger partial charge in [-0.15, -0.1) is 11.6 Å². The lowest BCUT2D eigenvalue weighted by Gasteiger charge is -2.52. The van der Waals surface area contributed by atoms with E-state index in [9.17, 15) is 4.79 Å². The minimum Gasteiger partial charge on any atom is -0.462 e. The van der Waals surface area contributed by atoms with Gasteiger partial charge in [0.05, 0.1) is 31.2 Å². The maximum Gasteiger partial charge on any atom is 0.225 e. The van der Waals surface area contributed by atoms with Crippen LogP contribution in [0.2, 0.25) is 5.02 Å². The second-order valence-corrected chi connectivity index (χ2v) is 12.0. The Hall–Kier alpha value is -3.18. The van der Waals surface area contributed by atoms with Crippen molar-refractivity contribution < 1.29 is 9.21 Å². The van der Waals surface area contributed by atoms with Gasteiger partial charge in [0.2, 0.25) is 5.91 Å². The Kier molecular flexibility index (Phi) is 8.95. The number of para-hydroxylation sites is 1. The minimum atomic E-state index is -0.598. The number of halogens is 2. The molecule has 0 bridgehead atoms. The first-order valence-corrected chi connectivity index (χ1v) is 15.0. The van der Waals surface area contributed by atoms with Crippen LogP contribution in [0.1, 0.15) is 11.1 Å². The van der Waals surface area contributed by atoms with E-state index < -0.39 is 5.00 Å². The van der Waals surface area contributed by atoms with Gasteiger partial charge in [-0.1, -0.05) is 41.9 Å². The molecule has 0 radical (unpaired) electrons. The van der Waals surface area contributed by atoms with Gasteiger partial charge in [-0.05, 0) is 42.0 Å². The molecular weight excluding hydrogens is 573 g/mol. The number of carbonyl (C=O) groups is 1. The number of carbonyl (C=O) groups excluding carboxylic acids is 1. The van der Waals surface area contributed by atoms with E-state index in [-0.39, 0.29) is 18.5 Å². The SMILES string of the molecule is O=C(Cc1coc(-c2ccn(-c3ccccc3)n2)c1)NCN1CCNCC1N1CCNCC1(Cl)Cc1ccc(Cl)cc1. The first-order valence-electron chi connectivity index (χ1n) is 14.3. The third-order valence-corrected chi connectivity index (χ3v) is 8.61. The van der Waals surface area contributed by atoms with Gasteiger partial charge in [0.15, 0.2) is 5.76 Å². The highest BCUT2D eigenvalue weighted by Gasteiger charge is 2.43. The van der Waals surface area contributed by atoms with E-state index in [2.05, 4.69) is 30.8 Å². The second-order valence-electron chi connectivity index (χ2n) is 10.8. The molecule has 0 aliphatic carbocycles. The normalized spacial score (nSPS) is 21.8. The molecule has 4 heterocycles. The molecule has 2 aromatic heterocycles. The average Bonchev–Trinajstić information content (AvgIpc) is 3.68. The molecule has 3 N–H and O–H groups in total. The smallest absolute Gasteiger partial charge is 0.225 e. The number of furan rings is 1. The quantitative estimate of drug-likeness (QED) is 0.197. The van der Waals surface area contributed by atoms with Crippen LogP contribution in [0.3, 0.4) is 0 Å². The largest absolute Gasteiger partial charge is 0.462 e. The van der Waals surface area contributed by atoms with Gasteiger partial charge in [0, 0.05) is 62.5 Å². The van der Waals surface area contributed by atoms with Gasteiger partial charge >= 0.3 is 0 Å². The fourth-order valence-electron chi connectivity index (χ4n) is 5.72. The lowest BCUT2D eigenvalue weighted by molar-refractivity contribution is -0.122. The molecule has 42 heavy (non-hydrogen) atoms. The predicted molar refractivity (Wildman–Crippen MR) is 165 cm³/mol. The van der Waals surface area contributed by atoms with Crippen molar-refractivity contribution in [3.05, 3.63) is 95.3 Å². The monoisotopic (exact) mass is 607 g/mol. The number of nitrogens with one attached hydrogen (secondary N) is 3. The van der Waals surface area contributed by atoms with Crippen LogP contribution in [0.5, 0.6) is 0 Å². The minimum absolute atomic E-state index is 0.0474. The Balaban J connectivity index is 1.07. The van der Waals surface area contributed by atoms with Gasteiger partial charge in [-0.3, -0.25) is 14.6 Å². The molecule has 0 saturated carbocycles. The molecule has 2 atom stereocenters. The zero-order valence-electron chi connectivity index (χ0n) is 23.3. The summed E-state index contributed by atoms with van der Waals surface area (Å²) in [6.07, 6.45) is 4.48. The van der Waals surface area contributed by atoms with Crippen LogP contribution in [-0.4, -0.2) is 82.6 Å². The maximum absolute atomic E-state index is 13.0. The van der Waals surface area contributed by atoms with E-state index in [0.717, 1.165) is 49.5 Å². The average molecular weight is 609 g/mol. The Morgan fingerprint density at radius 3 is 2.69 bits per heavy atom. The van der Waals surface area contributed by atoms with Crippen molar-refractivity contribution in [3.63, 3.8) is 0 Å². The Labute approximate surface area is 255 Å². The van der Waals surface area contributed by atoms with Gasteiger partial charge in [-0.25, -0.2) is 4.68 Å². The van der Waals surface area contributed by atoms with Gasteiger partial charge in [0.25, 0.3) is 0 Å². The van der Waals surface area contributed by atoms with E-state index in [1.807, 2.05) is 72.9 Å². The van der Waals surface area contributed by atoms with Gasteiger partial charge in [-0.2, -0.15) is 5.10 Å². The van der Waals surface area contributed by atoms with Gasteiger partial charge < -0.3 is 20.4 Å². The van der Waals surface area contributed by atoms with Crippen molar-refractivity contribution in [2.24, 2.45) is 0 Å². The van der Waals surface area contributed by atoms with E-state index >= 15 is 0 Å². The number of aromatic nitrogens is 2. The molecule has 6 rings (SSSR count). The highest BCUT2D eigenvalue weighted by Crippen LogP contribution is 2.31. The van der Waals surface area contributed by atoms with Crippen LogP contribution in [0.25, 0.3) is 17.1 Å². The summed E-state index contributed by atoms with van der Waals surface area (Å²) in [5.41, 5.74) is 3.63. The molecule has 9 nitrogen and oxygen atoms in total. The molecule has 2 saturated heterocycles. The summed E-state index contributed by atoms with van der Waals surface area (Å²) in [5, 5.41) is 15.4. The van der Waals surface area contributed by atoms with Crippen molar-refractivity contribution in [2.45, 2.75) is 24.0 Å². The lowest BCUT2D eigenvalue weighted by Crippen LogP contribution is -2.70. The molecule has 4 aromatic rings. The number of hydrogen-bond donors (Lipinski definition) is 3. The third-order valence-electron chi connectivity index (χ3n) is 7.87. The summed E-state index contributed by atoms with van der Waals surface area (Å²) >= 11 is 13.5. The molecule has 2 aromatic carbocycles. The number of benzene rings is 2. The maximum atomic E-state index is 13.0.